The van der Waals surface area contributed by atoms with Crippen molar-refractivity contribution in [2.75, 3.05) is 5.32 Å². The summed E-state index contributed by atoms with van der Waals surface area (Å²) in [5, 5.41) is 2.57. The summed E-state index contributed by atoms with van der Waals surface area (Å²) in [5.41, 5.74) is -1.63. The molecule has 0 bridgehead atoms. The second-order valence-corrected chi connectivity index (χ2v) is 6.67. The van der Waals surface area contributed by atoms with E-state index < -0.39 is 17.6 Å². The lowest BCUT2D eigenvalue weighted by atomic mass is 9.96. The zero-order chi connectivity index (χ0) is 18.9. The van der Waals surface area contributed by atoms with Crippen molar-refractivity contribution in [2.24, 2.45) is 5.92 Å². The fraction of sp³-hybridized carbons (Fsp3) is 0.421. The molecular weight excluding hydrogens is 337 g/mol. The summed E-state index contributed by atoms with van der Waals surface area (Å²) >= 11 is 0. The number of aromatic nitrogens is 2. The number of hydrogen-bond acceptors (Lipinski definition) is 4. The number of benzene rings is 1. The van der Waals surface area contributed by atoms with E-state index in [4.69, 9.17) is 4.74 Å². The van der Waals surface area contributed by atoms with Gasteiger partial charge in [0.2, 0.25) is 0 Å². The third-order valence-corrected chi connectivity index (χ3v) is 4.91. The Morgan fingerprint density at radius 2 is 2.04 bits per heavy atom. The maximum atomic E-state index is 14.8. The minimum atomic E-state index is -1.41. The number of carbonyl (C=O) groups is 1. The van der Waals surface area contributed by atoms with Crippen LogP contribution in [0.1, 0.15) is 37.6 Å². The normalized spacial score (nSPS) is 28.1. The molecular formula is C19H22FN3O3. The van der Waals surface area contributed by atoms with Crippen LogP contribution in [-0.4, -0.2) is 27.7 Å². The smallest absolute Gasteiger partial charge is 0.349 e. The second-order valence-electron chi connectivity index (χ2n) is 6.67. The van der Waals surface area contributed by atoms with Gasteiger partial charge >= 0.3 is 5.69 Å². The van der Waals surface area contributed by atoms with E-state index in [-0.39, 0.29) is 23.7 Å². The van der Waals surface area contributed by atoms with Gasteiger partial charge in [0.25, 0.3) is 5.91 Å². The first kappa shape index (κ1) is 18.3. The lowest BCUT2D eigenvalue weighted by Crippen LogP contribution is -2.45. The van der Waals surface area contributed by atoms with E-state index in [1.54, 1.807) is 44.2 Å². The molecule has 1 N–H and O–H groups in total. The minimum absolute atomic E-state index is 0.109. The second kappa shape index (κ2) is 6.99. The van der Waals surface area contributed by atoms with E-state index in [0.29, 0.717) is 12.0 Å². The molecule has 0 aliphatic carbocycles. The molecule has 138 valence electrons. The van der Waals surface area contributed by atoms with Crippen molar-refractivity contribution >= 4 is 11.7 Å². The van der Waals surface area contributed by atoms with E-state index in [2.05, 4.69) is 10.3 Å². The fourth-order valence-electron chi connectivity index (χ4n) is 3.39. The van der Waals surface area contributed by atoms with E-state index >= 15 is 0 Å². The van der Waals surface area contributed by atoms with Gasteiger partial charge in [0.15, 0.2) is 11.9 Å². The van der Waals surface area contributed by atoms with E-state index in [1.807, 2.05) is 6.92 Å². The van der Waals surface area contributed by atoms with E-state index in [9.17, 15) is 14.0 Å². The van der Waals surface area contributed by atoms with Gasteiger partial charge in [-0.3, -0.25) is 9.36 Å². The first-order valence-electron chi connectivity index (χ1n) is 8.65. The number of carbonyl (C=O) groups excluding carboxylic acids is 1. The Labute approximate surface area is 151 Å². The maximum absolute atomic E-state index is 14.8. The predicted octanol–water partition coefficient (Wildman–Crippen LogP) is 2.95. The molecule has 0 spiro atoms. The number of ether oxygens (including phenoxy) is 1. The van der Waals surface area contributed by atoms with Crippen LogP contribution < -0.4 is 11.0 Å². The number of amides is 1. The molecule has 1 aliphatic rings. The summed E-state index contributed by atoms with van der Waals surface area (Å²) in [6.45, 7) is 5.25. The molecule has 2 heterocycles. The Kier molecular flexibility index (Phi) is 4.91. The van der Waals surface area contributed by atoms with E-state index in [0.717, 1.165) is 4.57 Å². The summed E-state index contributed by atoms with van der Waals surface area (Å²) in [6.07, 6.45) is 0.466. The minimum Gasteiger partial charge on any atom is -0.349 e. The van der Waals surface area contributed by atoms with Crippen molar-refractivity contribution in [1.82, 2.24) is 9.55 Å². The number of nitrogens with one attached hydrogen (secondary N) is 1. The number of nitrogens with zero attached hydrogens (tertiary/aromatic N) is 2. The molecule has 1 saturated heterocycles. The number of anilines is 1. The molecule has 1 aromatic carbocycles. The topological polar surface area (TPSA) is 73.2 Å². The SMILES string of the molecule is CC[C@H]1O[C@@](C)(n2ccc(NC(=O)c3ccccc3)nc2=O)[C@@H](F)C1C. The Hall–Kier alpha value is -2.54. The van der Waals surface area contributed by atoms with Gasteiger partial charge in [-0.25, -0.2) is 9.18 Å². The quantitative estimate of drug-likeness (QED) is 0.911. The van der Waals surface area contributed by atoms with Crippen molar-refractivity contribution in [1.29, 1.82) is 0 Å². The van der Waals surface area contributed by atoms with Crippen molar-refractivity contribution < 1.29 is 13.9 Å². The van der Waals surface area contributed by atoms with Crippen molar-refractivity contribution in [3.8, 4) is 0 Å². The predicted molar refractivity (Wildman–Crippen MR) is 95.8 cm³/mol. The van der Waals surface area contributed by atoms with Crippen molar-refractivity contribution in [2.45, 2.75) is 45.2 Å². The Morgan fingerprint density at radius 1 is 1.35 bits per heavy atom. The van der Waals surface area contributed by atoms with Crippen molar-refractivity contribution in [3.63, 3.8) is 0 Å². The molecule has 1 unspecified atom stereocenters. The molecule has 1 fully saturated rings. The van der Waals surface area contributed by atoms with Crippen LogP contribution in [0.3, 0.4) is 0 Å². The Balaban J connectivity index is 1.84. The standard InChI is InChI=1S/C19H22FN3O3/c1-4-14-12(2)16(20)19(3,26-14)23-11-10-15(22-18(23)25)21-17(24)13-8-6-5-7-9-13/h5-12,14,16H,4H2,1-3H3,(H,21,22,24,25)/t12?,14-,16+,19-/m1/s1. The van der Waals surface area contributed by atoms with Crippen LogP contribution in [0.15, 0.2) is 47.4 Å². The molecule has 1 aromatic heterocycles. The van der Waals surface area contributed by atoms with Gasteiger partial charge in [0.1, 0.15) is 5.82 Å². The molecule has 0 radical (unpaired) electrons. The molecule has 7 heteroatoms. The highest BCUT2D eigenvalue weighted by Crippen LogP contribution is 2.41. The monoisotopic (exact) mass is 359 g/mol. The van der Waals surface area contributed by atoms with E-state index in [1.165, 1.54) is 12.3 Å². The largest absolute Gasteiger partial charge is 0.351 e. The molecule has 0 saturated carbocycles. The van der Waals surface area contributed by atoms with Crippen LogP contribution in [0.4, 0.5) is 10.2 Å². The Morgan fingerprint density at radius 3 is 2.62 bits per heavy atom. The third kappa shape index (κ3) is 3.14. The number of alkyl halides is 1. The summed E-state index contributed by atoms with van der Waals surface area (Å²) < 4.78 is 21.8. The Bertz CT molecular complexity index is 855. The zero-order valence-corrected chi connectivity index (χ0v) is 15.0. The highest BCUT2D eigenvalue weighted by molar-refractivity contribution is 6.03. The van der Waals surface area contributed by atoms with Gasteiger partial charge in [-0.2, -0.15) is 4.98 Å². The average Bonchev–Trinajstić information content (AvgIpc) is 2.87. The summed E-state index contributed by atoms with van der Waals surface area (Å²) in [4.78, 5) is 28.5. The van der Waals surface area contributed by atoms with Crippen LogP contribution >= 0.6 is 0 Å². The molecule has 4 atom stereocenters. The van der Waals surface area contributed by atoms with Crippen LogP contribution in [0.2, 0.25) is 0 Å². The van der Waals surface area contributed by atoms with Crippen LogP contribution in [-0.2, 0) is 10.5 Å². The third-order valence-electron chi connectivity index (χ3n) is 4.91. The molecule has 2 aromatic rings. The first-order valence-corrected chi connectivity index (χ1v) is 8.65. The number of halogens is 1. The average molecular weight is 359 g/mol. The summed E-state index contributed by atoms with van der Waals surface area (Å²) in [5.74, 6) is -0.590. The zero-order valence-electron chi connectivity index (χ0n) is 15.0. The van der Waals surface area contributed by atoms with Crippen molar-refractivity contribution in [3.05, 3.63) is 58.6 Å². The summed E-state index contributed by atoms with van der Waals surface area (Å²) in [6, 6.07) is 10.1. The highest BCUT2D eigenvalue weighted by atomic mass is 19.1. The summed E-state index contributed by atoms with van der Waals surface area (Å²) in [7, 11) is 0. The molecule has 26 heavy (non-hydrogen) atoms. The first-order chi connectivity index (χ1) is 12.4. The fourth-order valence-corrected chi connectivity index (χ4v) is 3.39. The molecule has 1 amide bonds. The highest BCUT2D eigenvalue weighted by Gasteiger charge is 2.52. The molecule has 6 nitrogen and oxygen atoms in total. The van der Waals surface area contributed by atoms with Gasteiger partial charge in [0.05, 0.1) is 6.10 Å². The van der Waals surface area contributed by atoms with Gasteiger partial charge in [-0.1, -0.05) is 32.0 Å². The lowest BCUT2D eigenvalue weighted by Gasteiger charge is -2.28. The molecule has 3 rings (SSSR count). The van der Waals surface area contributed by atoms with Crippen LogP contribution in [0, 0.1) is 5.92 Å². The number of rotatable bonds is 4. The van der Waals surface area contributed by atoms with Gasteiger partial charge in [-0.15, -0.1) is 0 Å². The number of hydrogen-bond donors (Lipinski definition) is 1. The molecule has 1 aliphatic heterocycles. The van der Waals surface area contributed by atoms with Gasteiger partial charge in [0, 0.05) is 17.7 Å². The van der Waals surface area contributed by atoms with Gasteiger partial charge in [-0.05, 0) is 31.5 Å². The maximum Gasteiger partial charge on any atom is 0.351 e. The van der Waals surface area contributed by atoms with Crippen LogP contribution in [0.5, 0.6) is 0 Å². The van der Waals surface area contributed by atoms with Crippen LogP contribution in [0.25, 0.3) is 0 Å². The van der Waals surface area contributed by atoms with Gasteiger partial charge < -0.3 is 10.1 Å². The lowest BCUT2D eigenvalue weighted by molar-refractivity contribution is -0.113.